The molecule has 0 aliphatic heterocycles. The second-order valence-corrected chi connectivity index (χ2v) is 5.97. The smallest absolute Gasteiger partial charge is 0.337 e. The molecule has 20 heavy (non-hydrogen) atoms. The molecule has 112 valence electrons. The summed E-state index contributed by atoms with van der Waals surface area (Å²) in [5.41, 5.74) is 2.30. The van der Waals surface area contributed by atoms with E-state index in [9.17, 15) is 9.90 Å². The molecule has 0 saturated heterocycles. The fourth-order valence-electron chi connectivity index (χ4n) is 2.16. The SMILES string of the molecule is Cc1ccc(C(=O)O)c(N(CCN(C)C)CC(C)C)c1. The maximum absolute atomic E-state index is 11.4. The highest BCUT2D eigenvalue weighted by molar-refractivity contribution is 5.94. The molecule has 0 saturated carbocycles. The molecule has 0 heterocycles. The van der Waals surface area contributed by atoms with E-state index in [4.69, 9.17) is 0 Å². The largest absolute Gasteiger partial charge is 0.478 e. The molecule has 4 heteroatoms. The molecule has 1 N–H and O–H groups in total. The van der Waals surface area contributed by atoms with Gasteiger partial charge in [0.2, 0.25) is 0 Å². The predicted molar refractivity (Wildman–Crippen MR) is 83.7 cm³/mol. The summed E-state index contributed by atoms with van der Waals surface area (Å²) in [6.45, 7) is 8.89. The Labute approximate surface area is 122 Å². The molecule has 1 rings (SSSR count). The van der Waals surface area contributed by atoms with Crippen LogP contribution in [0.1, 0.15) is 29.8 Å². The molecule has 4 nitrogen and oxygen atoms in total. The fourth-order valence-corrected chi connectivity index (χ4v) is 2.16. The van der Waals surface area contributed by atoms with Gasteiger partial charge in [-0.1, -0.05) is 19.9 Å². The third-order valence-electron chi connectivity index (χ3n) is 3.13. The first-order valence-corrected chi connectivity index (χ1v) is 7.05. The summed E-state index contributed by atoms with van der Waals surface area (Å²) in [6.07, 6.45) is 0. The fraction of sp³-hybridized carbons (Fsp3) is 0.562. The van der Waals surface area contributed by atoms with E-state index in [2.05, 4.69) is 23.6 Å². The van der Waals surface area contributed by atoms with E-state index in [1.165, 1.54) is 0 Å². The summed E-state index contributed by atoms with van der Waals surface area (Å²) in [5, 5.41) is 9.38. The number of carboxylic acids is 1. The lowest BCUT2D eigenvalue weighted by Crippen LogP contribution is -2.35. The quantitative estimate of drug-likeness (QED) is 0.833. The zero-order chi connectivity index (χ0) is 15.3. The van der Waals surface area contributed by atoms with Gasteiger partial charge in [0.15, 0.2) is 0 Å². The number of rotatable bonds is 7. The van der Waals surface area contributed by atoms with Gasteiger partial charge in [-0.3, -0.25) is 0 Å². The Bertz CT molecular complexity index is 456. The van der Waals surface area contributed by atoms with Crippen molar-refractivity contribution in [3.63, 3.8) is 0 Å². The van der Waals surface area contributed by atoms with Crippen LogP contribution in [0.3, 0.4) is 0 Å². The topological polar surface area (TPSA) is 43.8 Å². The summed E-state index contributed by atoms with van der Waals surface area (Å²) < 4.78 is 0. The van der Waals surface area contributed by atoms with Gasteiger partial charge in [0.25, 0.3) is 0 Å². The van der Waals surface area contributed by atoms with Crippen molar-refractivity contribution in [2.45, 2.75) is 20.8 Å². The molecule has 0 fully saturated rings. The van der Waals surface area contributed by atoms with Crippen molar-refractivity contribution in [1.29, 1.82) is 0 Å². The maximum Gasteiger partial charge on any atom is 0.337 e. The zero-order valence-electron chi connectivity index (χ0n) is 13.2. The molecule has 0 atom stereocenters. The maximum atomic E-state index is 11.4. The molecule has 0 amide bonds. The minimum atomic E-state index is -0.862. The zero-order valence-corrected chi connectivity index (χ0v) is 13.2. The van der Waals surface area contributed by atoms with E-state index >= 15 is 0 Å². The number of aryl methyl sites for hydroxylation is 1. The van der Waals surface area contributed by atoms with Crippen LogP contribution in [0.25, 0.3) is 0 Å². The van der Waals surface area contributed by atoms with Crippen LogP contribution < -0.4 is 4.90 Å². The molecular weight excluding hydrogens is 252 g/mol. The number of carbonyl (C=O) groups is 1. The van der Waals surface area contributed by atoms with Crippen molar-refractivity contribution in [1.82, 2.24) is 4.90 Å². The molecule has 0 bridgehead atoms. The predicted octanol–water partition coefficient (Wildman–Crippen LogP) is 2.72. The number of likely N-dealkylation sites (N-methyl/N-ethyl adjacent to an activating group) is 1. The van der Waals surface area contributed by atoms with Crippen molar-refractivity contribution in [3.05, 3.63) is 29.3 Å². The molecule has 0 radical (unpaired) electrons. The number of carboxylic acid groups (broad SMARTS) is 1. The van der Waals surface area contributed by atoms with Crippen molar-refractivity contribution in [2.75, 3.05) is 38.6 Å². The first-order chi connectivity index (χ1) is 9.31. The van der Waals surface area contributed by atoms with E-state index in [1.54, 1.807) is 6.07 Å². The van der Waals surface area contributed by atoms with Crippen LogP contribution >= 0.6 is 0 Å². The second kappa shape index (κ2) is 7.29. The average molecular weight is 278 g/mol. The molecule has 0 aliphatic rings. The summed E-state index contributed by atoms with van der Waals surface area (Å²) >= 11 is 0. The number of benzene rings is 1. The lowest BCUT2D eigenvalue weighted by molar-refractivity contribution is 0.0697. The minimum absolute atomic E-state index is 0.384. The number of anilines is 1. The Balaban J connectivity index is 3.10. The monoisotopic (exact) mass is 278 g/mol. The average Bonchev–Trinajstić information content (AvgIpc) is 2.33. The highest BCUT2D eigenvalue weighted by Gasteiger charge is 2.17. The number of hydrogen-bond acceptors (Lipinski definition) is 3. The summed E-state index contributed by atoms with van der Waals surface area (Å²) in [5.74, 6) is -0.377. The Hall–Kier alpha value is -1.55. The Morgan fingerprint density at radius 1 is 1.25 bits per heavy atom. The summed E-state index contributed by atoms with van der Waals surface area (Å²) in [4.78, 5) is 15.7. The molecule has 0 unspecified atom stereocenters. The van der Waals surface area contributed by atoms with E-state index in [1.807, 2.05) is 33.2 Å². The van der Waals surface area contributed by atoms with Crippen LogP contribution in [0.4, 0.5) is 5.69 Å². The van der Waals surface area contributed by atoms with E-state index in [0.717, 1.165) is 30.9 Å². The van der Waals surface area contributed by atoms with Gasteiger partial charge in [0.1, 0.15) is 0 Å². The number of nitrogens with zero attached hydrogens (tertiary/aromatic N) is 2. The van der Waals surface area contributed by atoms with Gasteiger partial charge in [-0.25, -0.2) is 4.79 Å². The van der Waals surface area contributed by atoms with E-state index in [-0.39, 0.29) is 0 Å². The number of aromatic carboxylic acids is 1. The standard InChI is InChI=1S/C16H26N2O2/c1-12(2)11-18(9-8-17(4)5)15-10-13(3)6-7-14(15)16(19)20/h6-7,10,12H,8-9,11H2,1-5H3,(H,19,20). The lowest BCUT2D eigenvalue weighted by atomic mass is 10.1. The van der Waals surface area contributed by atoms with Gasteiger partial charge in [-0.2, -0.15) is 0 Å². The highest BCUT2D eigenvalue weighted by Crippen LogP contribution is 2.23. The van der Waals surface area contributed by atoms with Crippen molar-refractivity contribution < 1.29 is 9.90 Å². The van der Waals surface area contributed by atoms with Crippen LogP contribution in [0, 0.1) is 12.8 Å². The van der Waals surface area contributed by atoms with Crippen molar-refractivity contribution in [3.8, 4) is 0 Å². The summed E-state index contributed by atoms with van der Waals surface area (Å²) in [7, 11) is 4.06. The molecule has 1 aromatic rings. The van der Waals surface area contributed by atoms with Gasteiger partial charge in [-0.15, -0.1) is 0 Å². The Kier molecular flexibility index (Phi) is 6.02. The van der Waals surface area contributed by atoms with Gasteiger partial charge in [0.05, 0.1) is 11.3 Å². The van der Waals surface area contributed by atoms with Crippen LogP contribution in [0.15, 0.2) is 18.2 Å². The first-order valence-electron chi connectivity index (χ1n) is 7.05. The van der Waals surface area contributed by atoms with Crippen LogP contribution in [0.2, 0.25) is 0 Å². The normalized spacial score (nSPS) is 11.2. The van der Waals surface area contributed by atoms with E-state index < -0.39 is 5.97 Å². The van der Waals surface area contributed by atoms with Crippen molar-refractivity contribution >= 4 is 11.7 Å². The van der Waals surface area contributed by atoms with Gasteiger partial charge < -0.3 is 14.9 Å². The Morgan fingerprint density at radius 3 is 2.40 bits per heavy atom. The molecule has 1 aromatic carbocycles. The van der Waals surface area contributed by atoms with Gasteiger partial charge in [0, 0.05) is 19.6 Å². The molecule has 0 spiro atoms. The third kappa shape index (κ3) is 4.85. The Morgan fingerprint density at radius 2 is 1.90 bits per heavy atom. The molecule has 0 aliphatic carbocycles. The van der Waals surface area contributed by atoms with Crippen LogP contribution in [0.5, 0.6) is 0 Å². The lowest BCUT2D eigenvalue weighted by Gasteiger charge is -2.29. The van der Waals surface area contributed by atoms with Gasteiger partial charge >= 0.3 is 5.97 Å². The molecule has 0 aromatic heterocycles. The van der Waals surface area contributed by atoms with Crippen molar-refractivity contribution in [2.24, 2.45) is 5.92 Å². The minimum Gasteiger partial charge on any atom is -0.478 e. The first kappa shape index (κ1) is 16.5. The highest BCUT2D eigenvalue weighted by atomic mass is 16.4. The van der Waals surface area contributed by atoms with Gasteiger partial charge in [-0.05, 0) is 44.6 Å². The van der Waals surface area contributed by atoms with Crippen LogP contribution in [-0.4, -0.2) is 49.7 Å². The second-order valence-electron chi connectivity index (χ2n) is 5.97. The summed E-state index contributed by atoms with van der Waals surface area (Å²) in [6, 6.07) is 5.53. The van der Waals surface area contributed by atoms with E-state index in [0.29, 0.717) is 11.5 Å². The third-order valence-corrected chi connectivity index (χ3v) is 3.13. The molecular formula is C16H26N2O2. The number of hydrogen-bond donors (Lipinski definition) is 1. The van der Waals surface area contributed by atoms with Crippen LogP contribution in [-0.2, 0) is 0 Å².